The molecule has 0 amide bonds. The number of hydrogen-bond acceptors (Lipinski definition) is 2. The highest BCUT2D eigenvalue weighted by atomic mass is 35.5. The molecule has 0 unspecified atom stereocenters. The van der Waals surface area contributed by atoms with Crippen LogP contribution in [-0.2, 0) is 13.2 Å². The summed E-state index contributed by atoms with van der Waals surface area (Å²) in [6, 6.07) is 19.0. The SMILES string of the molecule is Cc1ccc(Cl)cc1NCc1cc(Cl)ccc1OCc1ccc(Cl)cc1. The van der Waals surface area contributed by atoms with Gasteiger partial charge in [-0.25, -0.2) is 0 Å². The third-order valence-electron chi connectivity index (χ3n) is 4.00. The standard InChI is InChI=1S/C21H18Cl3NO/c1-14-2-5-19(24)11-20(14)25-12-16-10-18(23)8-9-21(16)26-13-15-3-6-17(22)7-4-15/h2-11,25H,12-13H2,1H3. The van der Waals surface area contributed by atoms with Crippen molar-refractivity contribution in [2.75, 3.05) is 5.32 Å². The van der Waals surface area contributed by atoms with Crippen molar-refractivity contribution in [1.82, 2.24) is 0 Å². The smallest absolute Gasteiger partial charge is 0.124 e. The maximum Gasteiger partial charge on any atom is 0.124 e. The molecule has 3 aromatic carbocycles. The minimum atomic E-state index is 0.460. The summed E-state index contributed by atoms with van der Waals surface area (Å²) in [7, 11) is 0. The lowest BCUT2D eigenvalue weighted by Crippen LogP contribution is -2.05. The normalized spacial score (nSPS) is 10.6. The average molecular weight is 407 g/mol. The zero-order chi connectivity index (χ0) is 18.5. The fourth-order valence-corrected chi connectivity index (χ4v) is 3.04. The summed E-state index contributed by atoms with van der Waals surface area (Å²) >= 11 is 18.2. The van der Waals surface area contributed by atoms with E-state index in [1.165, 1.54) is 0 Å². The fourth-order valence-electron chi connectivity index (χ4n) is 2.54. The molecule has 134 valence electrons. The first-order valence-electron chi connectivity index (χ1n) is 8.17. The average Bonchev–Trinajstić information content (AvgIpc) is 2.63. The molecular weight excluding hydrogens is 389 g/mol. The maximum atomic E-state index is 6.17. The molecule has 0 saturated heterocycles. The van der Waals surface area contributed by atoms with E-state index in [4.69, 9.17) is 39.5 Å². The van der Waals surface area contributed by atoms with Gasteiger partial charge in [0, 0.05) is 32.9 Å². The van der Waals surface area contributed by atoms with Gasteiger partial charge in [-0.15, -0.1) is 0 Å². The van der Waals surface area contributed by atoms with Crippen LogP contribution in [0, 0.1) is 6.92 Å². The third-order valence-corrected chi connectivity index (χ3v) is 4.72. The summed E-state index contributed by atoms with van der Waals surface area (Å²) in [6.07, 6.45) is 0. The second-order valence-corrected chi connectivity index (χ2v) is 7.29. The molecule has 0 atom stereocenters. The molecule has 0 radical (unpaired) electrons. The van der Waals surface area contributed by atoms with Gasteiger partial charge in [0.2, 0.25) is 0 Å². The van der Waals surface area contributed by atoms with Crippen molar-refractivity contribution in [3.05, 3.63) is 92.4 Å². The number of aryl methyl sites for hydroxylation is 1. The highest BCUT2D eigenvalue weighted by Gasteiger charge is 2.07. The largest absolute Gasteiger partial charge is 0.489 e. The monoisotopic (exact) mass is 405 g/mol. The Morgan fingerprint density at radius 1 is 0.808 bits per heavy atom. The van der Waals surface area contributed by atoms with E-state index in [9.17, 15) is 0 Å². The molecule has 0 spiro atoms. The molecule has 26 heavy (non-hydrogen) atoms. The summed E-state index contributed by atoms with van der Waals surface area (Å²) in [5.74, 6) is 0.788. The van der Waals surface area contributed by atoms with Gasteiger partial charge >= 0.3 is 0 Å². The van der Waals surface area contributed by atoms with Gasteiger partial charge < -0.3 is 10.1 Å². The van der Waals surface area contributed by atoms with Crippen LogP contribution >= 0.6 is 34.8 Å². The minimum absolute atomic E-state index is 0.460. The second kappa shape index (κ2) is 8.68. The minimum Gasteiger partial charge on any atom is -0.489 e. The van der Waals surface area contributed by atoms with E-state index >= 15 is 0 Å². The molecule has 0 fully saturated rings. The van der Waals surface area contributed by atoms with Gasteiger partial charge in [-0.3, -0.25) is 0 Å². The van der Waals surface area contributed by atoms with E-state index in [0.717, 1.165) is 28.1 Å². The van der Waals surface area contributed by atoms with Crippen LogP contribution in [0.4, 0.5) is 5.69 Å². The lowest BCUT2D eigenvalue weighted by atomic mass is 10.1. The molecule has 0 aromatic heterocycles. The van der Waals surface area contributed by atoms with Crippen molar-refractivity contribution < 1.29 is 4.74 Å². The summed E-state index contributed by atoms with van der Waals surface area (Å²) in [4.78, 5) is 0. The van der Waals surface area contributed by atoms with Crippen molar-refractivity contribution in [3.63, 3.8) is 0 Å². The van der Waals surface area contributed by atoms with Crippen LogP contribution in [-0.4, -0.2) is 0 Å². The molecule has 3 aromatic rings. The molecule has 0 saturated carbocycles. The first-order valence-corrected chi connectivity index (χ1v) is 9.30. The van der Waals surface area contributed by atoms with E-state index in [1.807, 2.05) is 67.6 Å². The van der Waals surface area contributed by atoms with Gasteiger partial charge in [0.05, 0.1) is 0 Å². The Kier molecular flexibility index (Phi) is 6.31. The van der Waals surface area contributed by atoms with Crippen LogP contribution in [0.15, 0.2) is 60.7 Å². The molecule has 3 rings (SSSR count). The number of anilines is 1. The summed E-state index contributed by atoms with van der Waals surface area (Å²) < 4.78 is 5.99. The highest BCUT2D eigenvalue weighted by molar-refractivity contribution is 6.31. The second-order valence-electron chi connectivity index (χ2n) is 5.98. The van der Waals surface area contributed by atoms with Crippen molar-refractivity contribution >= 4 is 40.5 Å². The molecule has 0 aliphatic rings. The van der Waals surface area contributed by atoms with Crippen LogP contribution in [0.25, 0.3) is 0 Å². The van der Waals surface area contributed by atoms with Crippen molar-refractivity contribution in [2.24, 2.45) is 0 Å². The number of rotatable bonds is 6. The Labute approximate surface area is 168 Å². The lowest BCUT2D eigenvalue weighted by Gasteiger charge is -2.15. The number of hydrogen-bond donors (Lipinski definition) is 1. The molecule has 0 aliphatic carbocycles. The predicted molar refractivity (Wildman–Crippen MR) is 111 cm³/mol. The van der Waals surface area contributed by atoms with Crippen LogP contribution < -0.4 is 10.1 Å². The van der Waals surface area contributed by atoms with Gasteiger partial charge in [-0.05, 0) is 60.5 Å². The summed E-state index contributed by atoms with van der Waals surface area (Å²) in [5.41, 5.74) is 4.14. The van der Waals surface area contributed by atoms with Gasteiger partial charge in [-0.2, -0.15) is 0 Å². The number of benzene rings is 3. The van der Waals surface area contributed by atoms with Crippen molar-refractivity contribution in [3.8, 4) is 5.75 Å². The number of ether oxygens (including phenoxy) is 1. The summed E-state index contributed by atoms with van der Waals surface area (Å²) in [6.45, 7) is 3.08. The maximum absolute atomic E-state index is 6.17. The van der Waals surface area contributed by atoms with E-state index in [0.29, 0.717) is 28.2 Å². The van der Waals surface area contributed by atoms with Crippen LogP contribution in [0.3, 0.4) is 0 Å². The molecule has 1 N–H and O–H groups in total. The third kappa shape index (κ3) is 5.07. The Morgan fingerprint density at radius 2 is 1.46 bits per heavy atom. The zero-order valence-electron chi connectivity index (χ0n) is 14.2. The van der Waals surface area contributed by atoms with Gasteiger partial charge in [0.25, 0.3) is 0 Å². The zero-order valence-corrected chi connectivity index (χ0v) is 16.5. The van der Waals surface area contributed by atoms with E-state index in [-0.39, 0.29) is 0 Å². The molecule has 0 heterocycles. The van der Waals surface area contributed by atoms with E-state index < -0.39 is 0 Å². The van der Waals surface area contributed by atoms with Crippen molar-refractivity contribution in [1.29, 1.82) is 0 Å². The van der Waals surface area contributed by atoms with Crippen molar-refractivity contribution in [2.45, 2.75) is 20.1 Å². The first kappa shape index (κ1) is 18.9. The van der Waals surface area contributed by atoms with Gasteiger partial charge in [0.15, 0.2) is 0 Å². The van der Waals surface area contributed by atoms with Crippen LogP contribution in [0.1, 0.15) is 16.7 Å². The Hall–Kier alpha value is -1.87. The molecule has 2 nitrogen and oxygen atoms in total. The Morgan fingerprint density at radius 3 is 2.23 bits per heavy atom. The lowest BCUT2D eigenvalue weighted by molar-refractivity contribution is 0.303. The van der Waals surface area contributed by atoms with Crippen LogP contribution in [0.2, 0.25) is 15.1 Å². The quantitative estimate of drug-likeness (QED) is 0.469. The molecule has 5 heteroatoms. The first-order chi connectivity index (χ1) is 12.5. The molecule has 0 aliphatic heterocycles. The molecular formula is C21H18Cl3NO. The van der Waals surface area contributed by atoms with E-state index in [1.54, 1.807) is 0 Å². The Bertz CT molecular complexity index is 894. The van der Waals surface area contributed by atoms with E-state index in [2.05, 4.69) is 5.32 Å². The Balaban J connectivity index is 1.73. The predicted octanol–water partition coefficient (Wildman–Crippen LogP) is 7.15. The van der Waals surface area contributed by atoms with Gasteiger partial charge in [-0.1, -0.05) is 53.0 Å². The summed E-state index contributed by atoms with van der Waals surface area (Å²) in [5, 5.41) is 5.48. The topological polar surface area (TPSA) is 21.3 Å². The number of nitrogens with one attached hydrogen (secondary N) is 1. The fraction of sp³-hybridized carbons (Fsp3) is 0.143. The molecule has 0 bridgehead atoms. The van der Waals surface area contributed by atoms with Crippen LogP contribution in [0.5, 0.6) is 5.75 Å². The highest BCUT2D eigenvalue weighted by Crippen LogP contribution is 2.27. The number of halogens is 3. The van der Waals surface area contributed by atoms with Gasteiger partial charge in [0.1, 0.15) is 12.4 Å².